The first kappa shape index (κ1) is 19.4. The van der Waals surface area contributed by atoms with Crippen LogP contribution < -0.4 is 9.47 Å². The van der Waals surface area contributed by atoms with Crippen molar-refractivity contribution in [1.29, 1.82) is 0 Å². The number of rotatable bonds is 9. The highest BCUT2D eigenvalue weighted by atomic mass is 16.9. The number of nitrogens with zero attached hydrogens (tertiary/aromatic N) is 1. The maximum absolute atomic E-state index is 12.2. The Morgan fingerprint density at radius 1 is 1.35 bits per heavy atom. The summed E-state index contributed by atoms with van der Waals surface area (Å²) in [6.45, 7) is 1.35. The van der Waals surface area contributed by atoms with Gasteiger partial charge in [-0.25, -0.2) is 4.79 Å². The Labute approximate surface area is 149 Å². The second-order valence-electron chi connectivity index (χ2n) is 5.40. The molecule has 0 saturated carbocycles. The summed E-state index contributed by atoms with van der Waals surface area (Å²) < 4.78 is 20.9. The van der Waals surface area contributed by atoms with E-state index in [0.717, 1.165) is 0 Å². The van der Waals surface area contributed by atoms with E-state index < -0.39 is 23.8 Å². The van der Waals surface area contributed by atoms with Gasteiger partial charge in [0.15, 0.2) is 23.9 Å². The number of hydrogen-bond acceptors (Lipinski definition) is 9. The van der Waals surface area contributed by atoms with Crippen LogP contribution in [0.4, 0.5) is 0 Å². The highest BCUT2D eigenvalue weighted by molar-refractivity contribution is 6.01. The molecule has 1 heterocycles. The quantitative estimate of drug-likeness (QED) is 0.274. The van der Waals surface area contributed by atoms with Gasteiger partial charge in [-0.15, -0.1) is 10.1 Å². The van der Waals surface area contributed by atoms with E-state index in [9.17, 15) is 19.7 Å². The average molecular weight is 369 g/mol. The molecule has 0 spiro atoms. The second kappa shape index (κ2) is 8.99. The van der Waals surface area contributed by atoms with Crippen molar-refractivity contribution in [1.82, 2.24) is 0 Å². The Balaban J connectivity index is 1.91. The van der Waals surface area contributed by atoms with E-state index in [1.807, 2.05) is 0 Å². The van der Waals surface area contributed by atoms with Crippen molar-refractivity contribution in [2.75, 3.05) is 26.9 Å². The molecule has 1 aromatic carbocycles. The number of Topliss-reactive ketones (excluding diaryl/α,β-unsaturated/α-hetero) is 1. The Morgan fingerprint density at radius 2 is 2.12 bits per heavy atom. The minimum atomic E-state index is -0.916. The highest BCUT2D eigenvalue weighted by Gasteiger charge is 2.27. The summed E-state index contributed by atoms with van der Waals surface area (Å²) in [5, 5.41) is 9.06. The number of methoxy groups -OCH3 is 1. The zero-order chi connectivity index (χ0) is 19.1. The lowest BCUT2D eigenvalue weighted by molar-refractivity contribution is -0.757. The van der Waals surface area contributed by atoms with Crippen LogP contribution in [0.2, 0.25) is 0 Å². The molecular weight excluding hydrogens is 350 g/mol. The minimum absolute atomic E-state index is 0.0370. The van der Waals surface area contributed by atoms with Gasteiger partial charge in [0.05, 0.1) is 26.9 Å². The lowest BCUT2D eigenvalue weighted by Crippen LogP contribution is -2.27. The van der Waals surface area contributed by atoms with Gasteiger partial charge in [0.2, 0.25) is 0 Å². The number of hydrogen-bond donors (Lipinski definition) is 0. The van der Waals surface area contributed by atoms with E-state index in [1.165, 1.54) is 13.2 Å². The molecule has 142 valence electrons. The zero-order valence-electron chi connectivity index (χ0n) is 14.4. The molecule has 0 N–H and O–H groups in total. The maximum atomic E-state index is 12.2. The molecule has 0 aromatic heterocycles. The fourth-order valence-corrected chi connectivity index (χ4v) is 2.29. The summed E-state index contributed by atoms with van der Waals surface area (Å²) in [4.78, 5) is 37.9. The average Bonchev–Trinajstić information content (AvgIpc) is 2.62. The van der Waals surface area contributed by atoms with Crippen molar-refractivity contribution < 1.29 is 38.5 Å². The molecule has 10 heteroatoms. The number of benzene rings is 1. The third-order valence-corrected chi connectivity index (χ3v) is 3.61. The summed E-state index contributed by atoms with van der Waals surface area (Å²) in [5.74, 6) is -0.231. The lowest BCUT2D eigenvalue weighted by atomic mass is 9.97. The van der Waals surface area contributed by atoms with Gasteiger partial charge in [-0.1, -0.05) is 0 Å². The zero-order valence-corrected chi connectivity index (χ0v) is 14.4. The summed E-state index contributed by atoms with van der Waals surface area (Å²) >= 11 is 0. The van der Waals surface area contributed by atoms with E-state index in [-0.39, 0.29) is 37.8 Å². The molecule has 1 aliphatic heterocycles. The van der Waals surface area contributed by atoms with Crippen molar-refractivity contribution in [3.8, 4) is 11.5 Å². The van der Waals surface area contributed by atoms with E-state index in [4.69, 9.17) is 18.9 Å². The van der Waals surface area contributed by atoms with Crippen LogP contribution in [0.15, 0.2) is 12.1 Å². The van der Waals surface area contributed by atoms with Gasteiger partial charge in [-0.05, 0) is 24.6 Å². The predicted molar refractivity (Wildman–Crippen MR) is 85.6 cm³/mol. The Bertz CT molecular complexity index is 689. The summed E-state index contributed by atoms with van der Waals surface area (Å²) in [5.41, 5.74) is 1.15. The fraction of sp³-hybridized carbons (Fsp3) is 0.500. The summed E-state index contributed by atoms with van der Waals surface area (Å²) in [7, 11) is 1.44. The van der Waals surface area contributed by atoms with Crippen molar-refractivity contribution in [3.63, 3.8) is 0 Å². The maximum Gasteiger partial charge on any atom is 0.344 e. The first-order valence-corrected chi connectivity index (χ1v) is 7.84. The van der Waals surface area contributed by atoms with Gasteiger partial charge >= 0.3 is 5.97 Å². The normalized spacial score (nSPS) is 15.8. The van der Waals surface area contributed by atoms with Gasteiger partial charge in [-0.2, -0.15) is 0 Å². The van der Waals surface area contributed by atoms with Gasteiger partial charge < -0.3 is 23.8 Å². The molecule has 1 aliphatic rings. The topological polar surface area (TPSA) is 123 Å². The van der Waals surface area contributed by atoms with Gasteiger partial charge in [0.1, 0.15) is 6.10 Å². The first-order valence-electron chi connectivity index (χ1n) is 7.84. The summed E-state index contributed by atoms with van der Waals surface area (Å²) in [6.07, 6.45) is -0.364. The van der Waals surface area contributed by atoms with Crippen molar-refractivity contribution in [2.45, 2.75) is 26.1 Å². The van der Waals surface area contributed by atoms with Crippen LogP contribution >= 0.6 is 0 Å². The molecule has 1 atom stereocenters. The van der Waals surface area contributed by atoms with Crippen molar-refractivity contribution in [2.24, 2.45) is 0 Å². The van der Waals surface area contributed by atoms with Crippen LogP contribution in [0, 0.1) is 10.1 Å². The minimum Gasteiger partial charge on any atom is -0.493 e. The number of ether oxygens (including phenoxy) is 4. The van der Waals surface area contributed by atoms with Crippen LogP contribution in [0.25, 0.3) is 0 Å². The van der Waals surface area contributed by atoms with E-state index in [1.54, 1.807) is 13.0 Å². The van der Waals surface area contributed by atoms with Crippen LogP contribution in [0.5, 0.6) is 11.5 Å². The van der Waals surface area contributed by atoms with Crippen LogP contribution in [-0.2, 0) is 25.7 Å². The fourth-order valence-electron chi connectivity index (χ4n) is 2.29. The lowest BCUT2D eigenvalue weighted by Gasteiger charge is -2.22. The molecule has 0 aliphatic carbocycles. The predicted octanol–water partition coefficient (Wildman–Crippen LogP) is 1.32. The molecule has 0 saturated heterocycles. The Morgan fingerprint density at radius 3 is 2.81 bits per heavy atom. The number of fused-ring (bicyclic) bond motifs is 1. The number of carbonyl (C=O) groups is 2. The Kier molecular flexibility index (Phi) is 6.73. The van der Waals surface area contributed by atoms with E-state index in [0.29, 0.717) is 16.9 Å². The molecule has 0 amide bonds. The van der Waals surface area contributed by atoms with Crippen LogP contribution in [-0.4, -0.2) is 49.9 Å². The number of carbonyl (C=O) groups excluding carboxylic acids is 2. The smallest absolute Gasteiger partial charge is 0.344 e. The van der Waals surface area contributed by atoms with E-state index in [2.05, 4.69) is 4.84 Å². The van der Waals surface area contributed by atoms with Gasteiger partial charge in [0, 0.05) is 12.0 Å². The molecule has 0 fully saturated rings. The first-order chi connectivity index (χ1) is 12.4. The second-order valence-corrected chi connectivity index (χ2v) is 5.40. The third kappa shape index (κ3) is 5.06. The third-order valence-electron chi connectivity index (χ3n) is 3.61. The SMILES string of the molecule is COc1cc2c(cc1OCC(=O)OCCCO[N+](=O)[O-])C(=O)C(C)OC2. The molecule has 1 unspecified atom stereocenters. The van der Waals surface area contributed by atoms with Crippen LogP contribution in [0.3, 0.4) is 0 Å². The standard InChI is InChI=1S/C16H19NO9/c1-10-16(19)12-7-14(13(22-2)6-11(12)8-24-10)25-9-15(18)23-4-3-5-26-17(20)21/h6-7,10H,3-5,8-9H2,1-2H3. The number of esters is 1. The monoisotopic (exact) mass is 369 g/mol. The number of ketones is 1. The molecule has 0 radical (unpaired) electrons. The van der Waals surface area contributed by atoms with Crippen molar-refractivity contribution in [3.05, 3.63) is 33.4 Å². The van der Waals surface area contributed by atoms with Crippen molar-refractivity contribution >= 4 is 11.8 Å². The molecular formula is C16H19NO9. The van der Waals surface area contributed by atoms with Gasteiger partial charge in [-0.3, -0.25) is 4.79 Å². The molecule has 2 rings (SSSR count). The highest BCUT2D eigenvalue weighted by Crippen LogP contribution is 2.34. The molecule has 1 aromatic rings. The van der Waals surface area contributed by atoms with Gasteiger partial charge in [0.25, 0.3) is 5.09 Å². The largest absolute Gasteiger partial charge is 0.493 e. The molecule has 0 bridgehead atoms. The van der Waals surface area contributed by atoms with Crippen LogP contribution in [0.1, 0.15) is 29.3 Å². The summed E-state index contributed by atoms with van der Waals surface area (Å²) in [6, 6.07) is 3.16. The molecule has 26 heavy (non-hydrogen) atoms. The Hall–Kier alpha value is -2.88. The molecule has 10 nitrogen and oxygen atoms in total. The van der Waals surface area contributed by atoms with E-state index >= 15 is 0 Å².